The standard InChI is InChI=1S/C10H16F3N5/c1-3-5-18(4-2)8-6-7(17-14)15-9(16-8)10(11,12)13/h6H,3-5,14H2,1-2H3,(H,15,16,17). The number of hydrazine groups is 1. The van der Waals surface area contributed by atoms with E-state index in [4.69, 9.17) is 5.84 Å². The molecule has 0 aliphatic rings. The molecule has 0 aromatic carbocycles. The van der Waals surface area contributed by atoms with E-state index < -0.39 is 12.0 Å². The van der Waals surface area contributed by atoms with E-state index in [0.717, 1.165) is 6.42 Å². The minimum absolute atomic E-state index is 0.0538. The maximum absolute atomic E-state index is 12.6. The molecule has 1 rings (SSSR count). The Bertz CT molecular complexity index is 394. The zero-order valence-electron chi connectivity index (χ0n) is 10.3. The summed E-state index contributed by atoms with van der Waals surface area (Å²) < 4.78 is 37.9. The molecule has 1 heterocycles. The van der Waals surface area contributed by atoms with Gasteiger partial charge in [0.05, 0.1) is 0 Å². The SMILES string of the molecule is CCCN(CC)c1cc(NN)nc(C(F)(F)F)n1. The van der Waals surface area contributed by atoms with Crippen LogP contribution in [0.4, 0.5) is 24.8 Å². The fraction of sp³-hybridized carbons (Fsp3) is 0.600. The average Bonchev–Trinajstić information content (AvgIpc) is 2.34. The van der Waals surface area contributed by atoms with E-state index in [9.17, 15) is 13.2 Å². The van der Waals surface area contributed by atoms with Crippen molar-refractivity contribution in [3.05, 3.63) is 11.9 Å². The minimum atomic E-state index is -4.59. The lowest BCUT2D eigenvalue weighted by Crippen LogP contribution is -2.26. The van der Waals surface area contributed by atoms with Crippen LogP contribution in [0.3, 0.4) is 0 Å². The zero-order valence-corrected chi connectivity index (χ0v) is 10.3. The zero-order chi connectivity index (χ0) is 13.8. The second-order valence-electron chi connectivity index (χ2n) is 3.66. The Labute approximate surface area is 103 Å². The van der Waals surface area contributed by atoms with Crippen molar-refractivity contribution < 1.29 is 13.2 Å². The molecule has 1 aromatic heterocycles. The van der Waals surface area contributed by atoms with Crippen molar-refractivity contribution in [3.63, 3.8) is 0 Å². The Morgan fingerprint density at radius 1 is 1.33 bits per heavy atom. The molecule has 0 spiro atoms. The number of hydrogen-bond donors (Lipinski definition) is 2. The number of nitrogens with one attached hydrogen (secondary N) is 1. The lowest BCUT2D eigenvalue weighted by molar-refractivity contribution is -0.144. The van der Waals surface area contributed by atoms with Gasteiger partial charge in [-0.15, -0.1) is 0 Å². The number of nitrogen functional groups attached to an aromatic ring is 1. The third-order valence-corrected chi connectivity index (χ3v) is 2.31. The van der Waals surface area contributed by atoms with Crippen molar-refractivity contribution >= 4 is 11.6 Å². The molecule has 8 heteroatoms. The van der Waals surface area contributed by atoms with Gasteiger partial charge < -0.3 is 10.3 Å². The second-order valence-corrected chi connectivity index (χ2v) is 3.66. The highest BCUT2D eigenvalue weighted by atomic mass is 19.4. The fourth-order valence-electron chi connectivity index (χ4n) is 1.50. The summed E-state index contributed by atoms with van der Waals surface area (Å²) in [7, 11) is 0. The quantitative estimate of drug-likeness (QED) is 0.628. The lowest BCUT2D eigenvalue weighted by atomic mass is 10.3. The Morgan fingerprint density at radius 2 is 2.00 bits per heavy atom. The van der Waals surface area contributed by atoms with Crippen LogP contribution < -0.4 is 16.2 Å². The maximum atomic E-state index is 12.6. The van der Waals surface area contributed by atoms with Crippen molar-refractivity contribution in [2.45, 2.75) is 26.4 Å². The van der Waals surface area contributed by atoms with Crippen molar-refractivity contribution in [1.82, 2.24) is 9.97 Å². The first-order valence-electron chi connectivity index (χ1n) is 5.60. The third kappa shape index (κ3) is 3.46. The smallest absolute Gasteiger partial charge is 0.357 e. The molecular formula is C10H16F3N5. The van der Waals surface area contributed by atoms with E-state index in [2.05, 4.69) is 15.4 Å². The Hall–Kier alpha value is -1.57. The van der Waals surface area contributed by atoms with Gasteiger partial charge in [0.25, 0.3) is 0 Å². The van der Waals surface area contributed by atoms with Crippen molar-refractivity contribution in [2.24, 2.45) is 5.84 Å². The summed E-state index contributed by atoms with van der Waals surface area (Å²) in [6.07, 6.45) is -3.78. The highest BCUT2D eigenvalue weighted by molar-refractivity contribution is 5.49. The van der Waals surface area contributed by atoms with Gasteiger partial charge in [0.15, 0.2) is 0 Å². The summed E-state index contributed by atoms with van der Waals surface area (Å²) in [5.74, 6) is 4.09. The molecule has 0 saturated carbocycles. The van der Waals surface area contributed by atoms with Crippen molar-refractivity contribution in [3.8, 4) is 0 Å². The number of nitrogens with two attached hydrogens (primary N) is 1. The highest BCUT2D eigenvalue weighted by Crippen LogP contribution is 2.29. The number of hydrogen-bond acceptors (Lipinski definition) is 5. The molecule has 18 heavy (non-hydrogen) atoms. The van der Waals surface area contributed by atoms with Gasteiger partial charge in [0.1, 0.15) is 11.6 Å². The maximum Gasteiger partial charge on any atom is 0.451 e. The lowest BCUT2D eigenvalue weighted by Gasteiger charge is -2.22. The Kier molecular flexibility index (Phi) is 4.71. The van der Waals surface area contributed by atoms with Crippen LogP contribution in [0.15, 0.2) is 6.07 Å². The predicted molar refractivity (Wildman–Crippen MR) is 63.0 cm³/mol. The molecule has 0 unspecified atom stereocenters. The van der Waals surface area contributed by atoms with Crippen LogP contribution in [0.2, 0.25) is 0 Å². The number of aromatic nitrogens is 2. The number of rotatable bonds is 5. The first kappa shape index (κ1) is 14.5. The van der Waals surface area contributed by atoms with Crippen LogP contribution in [-0.4, -0.2) is 23.1 Å². The summed E-state index contributed by atoms with van der Waals surface area (Å²) in [5, 5.41) is 0. The molecule has 0 radical (unpaired) electrons. The summed E-state index contributed by atoms with van der Waals surface area (Å²) in [6.45, 7) is 4.97. The average molecular weight is 263 g/mol. The molecule has 0 fully saturated rings. The predicted octanol–water partition coefficient (Wildman–Crippen LogP) is 2.02. The number of nitrogens with zero attached hydrogens (tertiary/aromatic N) is 3. The molecule has 0 saturated heterocycles. The highest BCUT2D eigenvalue weighted by Gasteiger charge is 2.35. The van der Waals surface area contributed by atoms with Gasteiger partial charge >= 0.3 is 6.18 Å². The molecule has 0 aliphatic heterocycles. The third-order valence-electron chi connectivity index (χ3n) is 2.31. The van der Waals surface area contributed by atoms with Gasteiger partial charge in [-0.25, -0.2) is 15.8 Å². The second kappa shape index (κ2) is 5.85. The molecule has 0 aliphatic carbocycles. The fourth-order valence-corrected chi connectivity index (χ4v) is 1.50. The number of halogens is 3. The van der Waals surface area contributed by atoms with E-state index in [1.54, 1.807) is 4.90 Å². The van der Waals surface area contributed by atoms with Crippen LogP contribution in [-0.2, 0) is 6.18 Å². The van der Waals surface area contributed by atoms with E-state index in [1.165, 1.54) is 6.07 Å². The molecular weight excluding hydrogens is 247 g/mol. The largest absolute Gasteiger partial charge is 0.451 e. The van der Waals surface area contributed by atoms with Crippen LogP contribution >= 0.6 is 0 Å². The van der Waals surface area contributed by atoms with Crippen molar-refractivity contribution in [1.29, 1.82) is 0 Å². The Morgan fingerprint density at radius 3 is 2.44 bits per heavy atom. The van der Waals surface area contributed by atoms with Gasteiger partial charge in [-0.1, -0.05) is 6.92 Å². The first-order chi connectivity index (χ1) is 8.42. The van der Waals surface area contributed by atoms with E-state index in [-0.39, 0.29) is 11.6 Å². The monoisotopic (exact) mass is 263 g/mol. The van der Waals surface area contributed by atoms with Gasteiger partial charge in [-0.3, -0.25) is 0 Å². The summed E-state index contributed by atoms with van der Waals surface area (Å²) in [6, 6.07) is 1.40. The topological polar surface area (TPSA) is 67.1 Å². The first-order valence-corrected chi connectivity index (χ1v) is 5.60. The molecule has 0 bridgehead atoms. The molecule has 0 atom stereocenters. The minimum Gasteiger partial charge on any atom is -0.357 e. The van der Waals surface area contributed by atoms with Gasteiger partial charge in [-0.2, -0.15) is 13.2 Å². The summed E-state index contributed by atoms with van der Waals surface area (Å²) >= 11 is 0. The summed E-state index contributed by atoms with van der Waals surface area (Å²) in [5.41, 5.74) is 2.12. The Balaban J connectivity index is 3.18. The molecule has 3 N–H and O–H groups in total. The van der Waals surface area contributed by atoms with Gasteiger partial charge in [-0.05, 0) is 13.3 Å². The van der Waals surface area contributed by atoms with Crippen LogP contribution in [0.5, 0.6) is 0 Å². The van der Waals surface area contributed by atoms with E-state index in [1.807, 2.05) is 13.8 Å². The van der Waals surface area contributed by atoms with Crippen LogP contribution in [0.25, 0.3) is 0 Å². The van der Waals surface area contributed by atoms with Crippen molar-refractivity contribution in [2.75, 3.05) is 23.4 Å². The molecule has 5 nitrogen and oxygen atoms in total. The van der Waals surface area contributed by atoms with Crippen LogP contribution in [0, 0.1) is 0 Å². The molecule has 1 aromatic rings. The molecule has 102 valence electrons. The number of anilines is 2. The summed E-state index contributed by atoms with van der Waals surface area (Å²) in [4.78, 5) is 8.57. The van der Waals surface area contributed by atoms with E-state index in [0.29, 0.717) is 13.1 Å². The normalized spacial score (nSPS) is 11.4. The number of alkyl halides is 3. The van der Waals surface area contributed by atoms with E-state index >= 15 is 0 Å². The van der Waals surface area contributed by atoms with Gasteiger partial charge in [0.2, 0.25) is 5.82 Å². The van der Waals surface area contributed by atoms with Crippen LogP contribution in [0.1, 0.15) is 26.1 Å². The molecule has 0 amide bonds. The van der Waals surface area contributed by atoms with Gasteiger partial charge in [0, 0.05) is 19.2 Å².